The van der Waals surface area contributed by atoms with Crippen LogP contribution in [0.15, 0.2) is 36.4 Å². The minimum absolute atomic E-state index is 0.0343. The van der Waals surface area contributed by atoms with Crippen molar-refractivity contribution >= 4 is 10.8 Å². The first-order valence-corrected chi connectivity index (χ1v) is 5.30. The Morgan fingerprint density at radius 3 is 2.56 bits per heavy atom. The van der Waals surface area contributed by atoms with E-state index in [1.165, 1.54) is 0 Å². The SMILES string of the molecule is CC(CN)Oc1ccc(O)c2ccccc12. The Hall–Kier alpha value is -1.74. The number of nitrogens with two attached hydrogens (primary N) is 1. The highest BCUT2D eigenvalue weighted by atomic mass is 16.5. The molecular formula is C13H15NO2. The van der Waals surface area contributed by atoms with E-state index < -0.39 is 0 Å². The summed E-state index contributed by atoms with van der Waals surface area (Å²) in [7, 11) is 0. The van der Waals surface area contributed by atoms with Gasteiger partial charge in [-0.1, -0.05) is 24.3 Å². The number of hydrogen-bond donors (Lipinski definition) is 2. The van der Waals surface area contributed by atoms with Crippen LogP contribution >= 0.6 is 0 Å². The van der Waals surface area contributed by atoms with Gasteiger partial charge in [0, 0.05) is 17.3 Å². The number of fused-ring (bicyclic) bond motifs is 1. The lowest BCUT2D eigenvalue weighted by molar-refractivity contribution is 0.232. The Labute approximate surface area is 94.5 Å². The van der Waals surface area contributed by atoms with E-state index in [4.69, 9.17) is 10.5 Å². The van der Waals surface area contributed by atoms with Crippen molar-refractivity contribution < 1.29 is 9.84 Å². The second-order valence-electron chi connectivity index (χ2n) is 3.79. The van der Waals surface area contributed by atoms with Crippen LogP contribution in [-0.2, 0) is 0 Å². The van der Waals surface area contributed by atoms with E-state index >= 15 is 0 Å². The van der Waals surface area contributed by atoms with Crippen LogP contribution in [-0.4, -0.2) is 17.8 Å². The zero-order valence-corrected chi connectivity index (χ0v) is 9.18. The zero-order chi connectivity index (χ0) is 11.5. The Balaban J connectivity index is 2.50. The molecule has 0 spiro atoms. The van der Waals surface area contributed by atoms with Crippen molar-refractivity contribution in [2.24, 2.45) is 5.73 Å². The van der Waals surface area contributed by atoms with Crippen molar-refractivity contribution in [2.75, 3.05) is 6.54 Å². The van der Waals surface area contributed by atoms with Crippen molar-refractivity contribution in [3.05, 3.63) is 36.4 Å². The molecule has 84 valence electrons. The molecule has 16 heavy (non-hydrogen) atoms. The second-order valence-corrected chi connectivity index (χ2v) is 3.79. The molecule has 3 N–H and O–H groups in total. The van der Waals surface area contributed by atoms with Gasteiger partial charge in [0.2, 0.25) is 0 Å². The summed E-state index contributed by atoms with van der Waals surface area (Å²) in [6.45, 7) is 2.39. The van der Waals surface area contributed by atoms with Crippen LogP contribution < -0.4 is 10.5 Å². The van der Waals surface area contributed by atoms with E-state index in [9.17, 15) is 5.11 Å². The van der Waals surface area contributed by atoms with Crippen LogP contribution in [0, 0.1) is 0 Å². The van der Waals surface area contributed by atoms with Crippen molar-refractivity contribution in [3.8, 4) is 11.5 Å². The van der Waals surface area contributed by atoms with Crippen LogP contribution in [0.2, 0.25) is 0 Å². The molecule has 2 rings (SSSR count). The first-order chi connectivity index (χ1) is 7.72. The van der Waals surface area contributed by atoms with E-state index in [0.717, 1.165) is 16.5 Å². The molecule has 0 amide bonds. The van der Waals surface area contributed by atoms with Crippen LogP contribution in [0.1, 0.15) is 6.92 Å². The van der Waals surface area contributed by atoms with E-state index in [0.29, 0.717) is 6.54 Å². The average molecular weight is 217 g/mol. The molecule has 0 aliphatic heterocycles. The predicted octanol–water partition coefficient (Wildman–Crippen LogP) is 2.27. The Morgan fingerprint density at radius 2 is 1.88 bits per heavy atom. The van der Waals surface area contributed by atoms with Gasteiger partial charge in [0.25, 0.3) is 0 Å². The van der Waals surface area contributed by atoms with Crippen molar-refractivity contribution in [1.82, 2.24) is 0 Å². The summed E-state index contributed by atoms with van der Waals surface area (Å²) in [6, 6.07) is 11.0. The molecule has 1 atom stereocenters. The molecule has 1 unspecified atom stereocenters. The predicted molar refractivity (Wildman–Crippen MR) is 64.8 cm³/mol. The van der Waals surface area contributed by atoms with Gasteiger partial charge < -0.3 is 15.6 Å². The minimum Gasteiger partial charge on any atom is -0.507 e. The molecule has 0 aliphatic carbocycles. The van der Waals surface area contributed by atoms with Crippen molar-refractivity contribution in [3.63, 3.8) is 0 Å². The smallest absolute Gasteiger partial charge is 0.127 e. The van der Waals surface area contributed by atoms with E-state index in [1.54, 1.807) is 12.1 Å². The normalized spacial score (nSPS) is 12.6. The maximum Gasteiger partial charge on any atom is 0.127 e. The first-order valence-electron chi connectivity index (χ1n) is 5.30. The summed E-state index contributed by atoms with van der Waals surface area (Å²) in [5.41, 5.74) is 5.52. The van der Waals surface area contributed by atoms with Crippen LogP contribution in [0.4, 0.5) is 0 Å². The summed E-state index contributed by atoms with van der Waals surface area (Å²) >= 11 is 0. The molecule has 0 heterocycles. The number of rotatable bonds is 3. The van der Waals surface area contributed by atoms with Gasteiger partial charge in [-0.3, -0.25) is 0 Å². The summed E-state index contributed by atoms with van der Waals surface area (Å²) in [4.78, 5) is 0. The lowest BCUT2D eigenvalue weighted by atomic mass is 10.1. The third kappa shape index (κ3) is 1.95. The topological polar surface area (TPSA) is 55.5 Å². The fourth-order valence-electron chi connectivity index (χ4n) is 1.62. The van der Waals surface area contributed by atoms with Gasteiger partial charge in [-0.05, 0) is 19.1 Å². The van der Waals surface area contributed by atoms with Crippen LogP contribution in [0.5, 0.6) is 11.5 Å². The zero-order valence-electron chi connectivity index (χ0n) is 9.18. The molecule has 3 nitrogen and oxygen atoms in total. The van der Waals surface area contributed by atoms with E-state index in [-0.39, 0.29) is 11.9 Å². The maximum absolute atomic E-state index is 9.71. The van der Waals surface area contributed by atoms with Gasteiger partial charge in [0.1, 0.15) is 17.6 Å². The van der Waals surface area contributed by atoms with Crippen LogP contribution in [0.3, 0.4) is 0 Å². The molecular weight excluding hydrogens is 202 g/mol. The quantitative estimate of drug-likeness (QED) is 0.829. The van der Waals surface area contributed by atoms with E-state index in [2.05, 4.69) is 0 Å². The van der Waals surface area contributed by atoms with Crippen molar-refractivity contribution in [1.29, 1.82) is 0 Å². The average Bonchev–Trinajstić information content (AvgIpc) is 2.33. The fraction of sp³-hybridized carbons (Fsp3) is 0.231. The second kappa shape index (κ2) is 4.41. The molecule has 0 aliphatic rings. The number of ether oxygens (including phenoxy) is 1. The van der Waals surface area contributed by atoms with Gasteiger partial charge in [-0.2, -0.15) is 0 Å². The summed E-state index contributed by atoms with van der Waals surface area (Å²) in [5, 5.41) is 11.4. The third-order valence-electron chi connectivity index (χ3n) is 2.52. The van der Waals surface area contributed by atoms with Gasteiger partial charge >= 0.3 is 0 Å². The Kier molecular flexibility index (Phi) is 2.97. The monoisotopic (exact) mass is 217 g/mol. The maximum atomic E-state index is 9.71. The highest BCUT2D eigenvalue weighted by Crippen LogP contribution is 2.32. The number of hydrogen-bond acceptors (Lipinski definition) is 3. The summed E-state index contributed by atoms with van der Waals surface area (Å²) in [5.74, 6) is 1.02. The molecule has 0 aromatic heterocycles. The number of phenols is 1. The van der Waals surface area contributed by atoms with Crippen molar-refractivity contribution in [2.45, 2.75) is 13.0 Å². The Bertz CT molecular complexity index is 496. The molecule has 0 bridgehead atoms. The standard InChI is InChI=1S/C13H15NO2/c1-9(8-14)16-13-7-6-12(15)10-4-2-3-5-11(10)13/h2-7,9,15H,8,14H2,1H3. The molecule has 2 aromatic carbocycles. The molecule has 0 saturated heterocycles. The number of phenolic OH excluding ortho intramolecular Hbond substituents is 1. The summed E-state index contributed by atoms with van der Waals surface area (Å²) in [6.07, 6.45) is -0.0343. The first kappa shape index (κ1) is 10.8. The fourth-order valence-corrected chi connectivity index (χ4v) is 1.62. The lowest BCUT2D eigenvalue weighted by Gasteiger charge is -2.14. The number of benzene rings is 2. The van der Waals surface area contributed by atoms with Gasteiger partial charge in [-0.15, -0.1) is 0 Å². The Morgan fingerprint density at radius 1 is 1.19 bits per heavy atom. The largest absolute Gasteiger partial charge is 0.507 e. The molecule has 2 aromatic rings. The van der Waals surface area contributed by atoms with Gasteiger partial charge in [-0.25, -0.2) is 0 Å². The lowest BCUT2D eigenvalue weighted by Crippen LogP contribution is -2.22. The molecule has 0 saturated carbocycles. The molecule has 0 radical (unpaired) electrons. The molecule has 3 heteroatoms. The van der Waals surface area contributed by atoms with Gasteiger partial charge in [0.05, 0.1) is 0 Å². The number of aromatic hydroxyl groups is 1. The van der Waals surface area contributed by atoms with Crippen LogP contribution in [0.25, 0.3) is 10.8 Å². The van der Waals surface area contributed by atoms with E-state index in [1.807, 2.05) is 31.2 Å². The highest BCUT2D eigenvalue weighted by molar-refractivity contribution is 5.92. The van der Waals surface area contributed by atoms with Gasteiger partial charge in [0.15, 0.2) is 0 Å². The molecule has 0 fully saturated rings. The minimum atomic E-state index is -0.0343. The third-order valence-corrected chi connectivity index (χ3v) is 2.52. The summed E-state index contributed by atoms with van der Waals surface area (Å²) < 4.78 is 5.70. The highest BCUT2D eigenvalue weighted by Gasteiger charge is 2.08.